The smallest absolute Gasteiger partial charge is 0.303 e. The number of carbonyl (C=O) groups is 2. The normalized spacial score (nSPS) is 13.1. The van der Waals surface area contributed by atoms with E-state index < -0.39 is 11.9 Å². The molecule has 0 amide bonds. The number of carboxylic acid groups (broad SMARTS) is 2. The molecule has 0 aliphatic rings. The summed E-state index contributed by atoms with van der Waals surface area (Å²) in [4.78, 5) is 22.8. The van der Waals surface area contributed by atoms with E-state index in [4.69, 9.17) is 0 Å². The number of hydrogen-bond donors (Lipinski definition) is 2. The third-order valence-electron chi connectivity index (χ3n) is 7.94. The topological polar surface area (TPSA) is 74.6 Å². The van der Waals surface area contributed by atoms with Gasteiger partial charge in [0.2, 0.25) is 0 Å². The number of rotatable bonds is 29. The minimum absolute atomic E-state index is 0.124. The molecule has 0 aromatic rings. The van der Waals surface area contributed by atoms with Gasteiger partial charge in [-0.1, -0.05) is 155 Å². The zero-order valence-electron chi connectivity index (χ0n) is 24.3. The highest BCUT2D eigenvalue weighted by Crippen LogP contribution is 2.31. The SMILES string of the molecule is CCCCCCCCCCCCC[C@H](CC(=O)O)[C@H](CCCCCCCCCCCC)CCC(=O)O. The Bertz CT molecular complexity index is 491. The fourth-order valence-corrected chi connectivity index (χ4v) is 5.62. The average molecular weight is 511 g/mol. The zero-order valence-corrected chi connectivity index (χ0v) is 24.3. The quantitative estimate of drug-likeness (QED) is 0.0981. The average Bonchev–Trinajstić information content (AvgIpc) is 2.84. The van der Waals surface area contributed by atoms with Gasteiger partial charge in [-0.2, -0.15) is 0 Å². The molecule has 0 aromatic carbocycles. The van der Waals surface area contributed by atoms with Crippen molar-refractivity contribution in [2.24, 2.45) is 11.8 Å². The Morgan fingerprint density at radius 2 is 0.778 bits per heavy atom. The van der Waals surface area contributed by atoms with Crippen molar-refractivity contribution in [1.29, 1.82) is 0 Å². The summed E-state index contributed by atoms with van der Waals surface area (Å²) in [6.45, 7) is 4.51. The summed E-state index contributed by atoms with van der Waals surface area (Å²) in [7, 11) is 0. The predicted molar refractivity (Wildman–Crippen MR) is 154 cm³/mol. The van der Waals surface area contributed by atoms with E-state index >= 15 is 0 Å². The minimum Gasteiger partial charge on any atom is -0.481 e. The summed E-state index contributed by atoms with van der Waals surface area (Å²) < 4.78 is 0. The molecule has 0 aliphatic heterocycles. The number of unbranched alkanes of at least 4 members (excludes halogenated alkanes) is 19. The second kappa shape index (κ2) is 27.0. The van der Waals surface area contributed by atoms with E-state index in [0.717, 1.165) is 25.7 Å². The minimum atomic E-state index is -0.758. The molecule has 0 bridgehead atoms. The molecular weight excluding hydrogens is 448 g/mol. The van der Waals surface area contributed by atoms with E-state index in [2.05, 4.69) is 13.8 Å². The summed E-state index contributed by atoms with van der Waals surface area (Å²) in [6, 6.07) is 0. The van der Waals surface area contributed by atoms with Crippen molar-refractivity contribution in [3.05, 3.63) is 0 Å². The van der Waals surface area contributed by atoms with E-state index in [1.54, 1.807) is 0 Å². The van der Waals surface area contributed by atoms with Gasteiger partial charge in [0.15, 0.2) is 0 Å². The van der Waals surface area contributed by atoms with Crippen LogP contribution in [0.1, 0.15) is 181 Å². The molecule has 214 valence electrons. The summed E-state index contributed by atoms with van der Waals surface area (Å²) in [5.74, 6) is -1.13. The van der Waals surface area contributed by atoms with Crippen LogP contribution in [-0.4, -0.2) is 22.2 Å². The van der Waals surface area contributed by atoms with Gasteiger partial charge in [0.1, 0.15) is 0 Å². The Hall–Kier alpha value is -1.06. The van der Waals surface area contributed by atoms with Gasteiger partial charge in [-0.15, -0.1) is 0 Å². The Labute approximate surface area is 224 Å². The van der Waals surface area contributed by atoms with Crippen LogP contribution in [0.5, 0.6) is 0 Å². The highest BCUT2D eigenvalue weighted by atomic mass is 16.4. The molecule has 0 aliphatic carbocycles. The van der Waals surface area contributed by atoms with E-state index in [9.17, 15) is 19.8 Å². The Morgan fingerprint density at radius 1 is 0.444 bits per heavy atom. The van der Waals surface area contributed by atoms with Gasteiger partial charge >= 0.3 is 11.9 Å². The molecule has 0 aromatic heterocycles. The molecule has 2 N–H and O–H groups in total. The van der Waals surface area contributed by atoms with Crippen LogP contribution < -0.4 is 0 Å². The highest BCUT2D eigenvalue weighted by Gasteiger charge is 2.24. The first kappa shape index (κ1) is 34.9. The summed E-state index contributed by atoms with van der Waals surface area (Å²) in [6.07, 6.45) is 30.1. The molecular formula is C32H62O4. The lowest BCUT2D eigenvalue weighted by Crippen LogP contribution is -2.20. The van der Waals surface area contributed by atoms with Gasteiger partial charge in [-0.25, -0.2) is 0 Å². The maximum atomic E-state index is 11.6. The molecule has 0 fully saturated rings. The van der Waals surface area contributed by atoms with Gasteiger partial charge in [0.25, 0.3) is 0 Å². The highest BCUT2D eigenvalue weighted by molar-refractivity contribution is 5.67. The van der Waals surface area contributed by atoms with Crippen molar-refractivity contribution in [1.82, 2.24) is 0 Å². The summed E-state index contributed by atoms with van der Waals surface area (Å²) in [5.41, 5.74) is 0. The van der Waals surface area contributed by atoms with Crippen molar-refractivity contribution in [3.63, 3.8) is 0 Å². The van der Waals surface area contributed by atoms with Crippen LogP contribution >= 0.6 is 0 Å². The molecule has 4 heteroatoms. The van der Waals surface area contributed by atoms with Crippen LogP contribution in [-0.2, 0) is 9.59 Å². The van der Waals surface area contributed by atoms with Crippen LogP contribution in [0.4, 0.5) is 0 Å². The van der Waals surface area contributed by atoms with Crippen LogP contribution in [0.3, 0.4) is 0 Å². The molecule has 0 heterocycles. The first-order valence-electron chi connectivity index (χ1n) is 15.9. The molecule has 0 unspecified atom stereocenters. The van der Waals surface area contributed by atoms with Crippen LogP contribution in [0, 0.1) is 11.8 Å². The maximum absolute atomic E-state index is 11.6. The van der Waals surface area contributed by atoms with Crippen molar-refractivity contribution >= 4 is 11.9 Å². The van der Waals surface area contributed by atoms with E-state index in [1.807, 2.05) is 0 Å². The maximum Gasteiger partial charge on any atom is 0.303 e. The first-order chi connectivity index (χ1) is 17.5. The summed E-state index contributed by atoms with van der Waals surface area (Å²) in [5, 5.41) is 18.8. The van der Waals surface area contributed by atoms with Crippen molar-refractivity contribution in [2.75, 3.05) is 0 Å². The monoisotopic (exact) mass is 510 g/mol. The van der Waals surface area contributed by atoms with Gasteiger partial charge in [-0.05, 0) is 24.7 Å². The molecule has 0 saturated heterocycles. The lowest BCUT2D eigenvalue weighted by Gasteiger charge is -2.26. The Balaban J connectivity index is 4.25. The van der Waals surface area contributed by atoms with E-state index in [1.165, 1.54) is 122 Å². The van der Waals surface area contributed by atoms with Crippen molar-refractivity contribution < 1.29 is 19.8 Å². The molecule has 0 radical (unpaired) electrons. The fourth-order valence-electron chi connectivity index (χ4n) is 5.62. The predicted octanol–water partition coefficient (Wildman–Crippen LogP) is 10.6. The largest absolute Gasteiger partial charge is 0.481 e. The van der Waals surface area contributed by atoms with Gasteiger partial charge < -0.3 is 10.2 Å². The number of aliphatic carboxylic acids is 2. The Kier molecular flexibility index (Phi) is 26.2. The van der Waals surface area contributed by atoms with Crippen molar-refractivity contribution in [2.45, 2.75) is 181 Å². The standard InChI is InChI=1S/C32H62O4/c1-3-5-7-9-11-13-15-17-19-21-23-25-30(28-32(35)36)29(26-27-31(33)34)24-22-20-18-16-14-12-10-8-6-4-2/h29-30H,3-28H2,1-2H3,(H,33,34)(H,35,36)/t29-,30-/m1/s1. The second-order valence-corrected chi connectivity index (χ2v) is 11.3. The number of carboxylic acids is 2. The third-order valence-corrected chi connectivity index (χ3v) is 7.94. The lowest BCUT2D eigenvalue weighted by molar-refractivity contribution is -0.138. The molecule has 0 saturated carbocycles. The third kappa shape index (κ3) is 24.6. The molecule has 0 rings (SSSR count). The Morgan fingerprint density at radius 3 is 1.11 bits per heavy atom. The molecule has 36 heavy (non-hydrogen) atoms. The van der Waals surface area contributed by atoms with Gasteiger partial charge in [0.05, 0.1) is 0 Å². The van der Waals surface area contributed by atoms with Crippen LogP contribution in [0.15, 0.2) is 0 Å². The van der Waals surface area contributed by atoms with Crippen LogP contribution in [0.25, 0.3) is 0 Å². The fraction of sp³-hybridized carbons (Fsp3) is 0.938. The lowest BCUT2D eigenvalue weighted by atomic mass is 9.79. The molecule has 4 nitrogen and oxygen atoms in total. The van der Waals surface area contributed by atoms with Crippen molar-refractivity contribution in [3.8, 4) is 0 Å². The number of hydrogen-bond acceptors (Lipinski definition) is 2. The zero-order chi connectivity index (χ0) is 26.7. The van der Waals surface area contributed by atoms with E-state index in [-0.39, 0.29) is 24.7 Å². The summed E-state index contributed by atoms with van der Waals surface area (Å²) >= 11 is 0. The first-order valence-corrected chi connectivity index (χ1v) is 15.9. The van der Waals surface area contributed by atoms with Gasteiger partial charge in [0, 0.05) is 12.8 Å². The molecule has 0 spiro atoms. The van der Waals surface area contributed by atoms with Crippen LogP contribution in [0.2, 0.25) is 0 Å². The van der Waals surface area contributed by atoms with E-state index in [0.29, 0.717) is 6.42 Å². The van der Waals surface area contributed by atoms with Gasteiger partial charge in [-0.3, -0.25) is 9.59 Å². The second-order valence-electron chi connectivity index (χ2n) is 11.3. The molecule has 2 atom stereocenters.